The van der Waals surface area contributed by atoms with Crippen LogP contribution in [0, 0.1) is 5.82 Å². The topological polar surface area (TPSA) is 89.0 Å². The highest BCUT2D eigenvalue weighted by Crippen LogP contribution is 2.37. The Labute approximate surface area is 197 Å². The van der Waals surface area contributed by atoms with Crippen LogP contribution in [0.25, 0.3) is 5.70 Å². The van der Waals surface area contributed by atoms with Crippen molar-refractivity contribution in [3.8, 4) is 5.75 Å². The van der Waals surface area contributed by atoms with Crippen molar-refractivity contribution in [2.75, 3.05) is 26.2 Å². The third-order valence-corrected chi connectivity index (χ3v) is 5.87. The fourth-order valence-corrected chi connectivity index (χ4v) is 4.36. The molecule has 0 radical (unpaired) electrons. The minimum atomic E-state index is -0.525. The number of phenols is 1. The number of carbonyl (C=O) groups is 1. The molecule has 2 fully saturated rings. The van der Waals surface area contributed by atoms with Crippen LogP contribution >= 0.6 is 49.0 Å². The summed E-state index contributed by atoms with van der Waals surface area (Å²) in [6.07, 6.45) is 3.03. The molecule has 0 unspecified atom stereocenters. The molecule has 168 valence electrons. The lowest BCUT2D eigenvalue weighted by Crippen LogP contribution is -2.45. The molecule has 12 heteroatoms. The van der Waals surface area contributed by atoms with Crippen LogP contribution in [-0.2, 0) is 4.79 Å². The molecule has 1 aromatic rings. The minimum absolute atomic E-state index is 0. The predicted molar refractivity (Wildman–Crippen MR) is 125 cm³/mol. The van der Waals surface area contributed by atoms with Crippen LogP contribution in [-0.4, -0.2) is 53.4 Å². The first-order valence-corrected chi connectivity index (χ1v) is 9.96. The van der Waals surface area contributed by atoms with Gasteiger partial charge in [-0.15, -0.1) is 37.2 Å². The van der Waals surface area contributed by atoms with Crippen molar-refractivity contribution in [2.45, 2.75) is 25.3 Å². The van der Waals surface area contributed by atoms with Crippen molar-refractivity contribution in [1.29, 1.82) is 0 Å². The molecule has 1 aromatic carbocycles. The van der Waals surface area contributed by atoms with Gasteiger partial charge >= 0.3 is 0 Å². The fourth-order valence-electron chi connectivity index (χ4n) is 3.38. The zero-order valence-electron chi connectivity index (χ0n) is 16.0. The lowest BCUT2D eigenvalue weighted by Gasteiger charge is -2.28. The number of amidine groups is 1. The molecular formula is C18H25Cl3FN5O2S. The number of hydrogen-bond donors (Lipinski definition) is 4. The summed E-state index contributed by atoms with van der Waals surface area (Å²) in [5.74, 6) is -1.07. The summed E-state index contributed by atoms with van der Waals surface area (Å²) in [7, 11) is 0. The summed E-state index contributed by atoms with van der Waals surface area (Å²) in [6.45, 7) is 3.29. The van der Waals surface area contributed by atoms with Gasteiger partial charge in [-0.2, -0.15) is 4.99 Å². The Morgan fingerprint density at radius 3 is 2.70 bits per heavy atom. The number of carbonyl (C=O) groups excluding carboxylic acids is 1. The second kappa shape index (κ2) is 12.0. The Morgan fingerprint density at radius 2 is 2.07 bits per heavy atom. The number of aromatic hydroxyl groups is 1. The van der Waals surface area contributed by atoms with Crippen molar-refractivity contribution >= 4 is 65.8 Å². The van der Waals surface area contributed by atoms with Gasteiger partial charge in [0.2, 0.25) is 0 Å². The Hall–Kier alpha value is -1.23. The van der Waals surface area contributed by atoms with Crippen LogP contribution in [0.3, 0.4) is 0 Å². The van der Waals surface area contributed by atoms with Gasteiger partial charge < -0.3 is 15.7 Å². The van der Waals surface area contributed by atoms with E-state index in [2.05, 4.69) is 21.1 Å². The number of nitrogens with zero attached hydrogens (tertiary/aromatic N) is 2. The first-order valence-electron chi connectivity index (χ1n) is 9.14. The summed E-state index contributed by atoms with van der Waals surface area (Å²) >= 11 is 1.28. The first kappa shape index (κ1) is 26.8. The molecular weight excluding hydrogens is 476 g/mol. The molecule has 1 atom stereocenters. The Balaban J connectivity index is 0.00000150. The Kier molecular flexibility index (Phi) is 10.7. The van der Waals surface area contributed by atoms with Gasteiger partial charge in [0.25, 0.3) is 5.91 Å². The van der Waals surface area contributed by atoms with Gasteiger partial charge in [0.05, 0.1) is 5.70 Å². The van der Waals surface area contributed by atoms with Crippen LogP contribution in [0.15, 0.2) is 28.1 Å². The maximum Gasteiger partial charge on any atom is 0.288 e. The number of rotatable bonds is 3. The number of hydrazine groups is 1. The van der Waals surface area contributed by atoms with Crippen molar-refractivity contribution in [2.24, 2.45) is 4.99 Å². The molecule has 0 saturated carbocycles. The molecule has 3 aliphatic rings. The predicted octanol–water partition coefficient (Wildman–Crippen LogP) is 2.65. The van der Waals surface area contributed by atoms with E-state index in [1.165, 1.54) is 23.9 Å². The number of halogens is 4. The monoisotopic (exact) mass is 499 g/mol. The van der Waals surface area contributed by atoms with Crippen LogP contribution in [0.2, 0.25) is 0 Å². The highest BCUT2D eigenvalue weighted by molar-refractivity contribution is 8.18. The normalized spacial score (nSPS) is 22.4. The van der Waals surface area contributed by atoms with E-state index >= 15 is 0 Å². The van der Waals surface area contributed by atoms with E-state index in [0.29, 0.717) is 21.3 Å². The van der Waals surface area contributed by atoms with Crippen LogP contribution in [0.4, 0.5) is 4.39 Å². The quantitative estimate of drug-likeness (QED) is 0.475. The van der Waals surface area contributed by atoms with E-state index in [9.17, 15) is 14.3 Å². The molecule has 3 heterocycles. The largest absolute Gasteiger partial charge is 0.507 e. The zero-order valence-corrected chi connectivity index (χ0v) is 19.3. The smallest absolute Gasteiger partial charge is 0.288 e. The van der Waals surface area contributed by atoms with Gasteiger partial charge in [0.15, 0.2) is 5.17 Å². The zero-order chi connectivity index (χ0) is 18.8. The molecule has 30 heavy (non-hydrogen) atoms. The second-order valence-corrected chi connectivity index (χ2v) is 7.75. The van der Waals surface area contributed by atoms with E-state index in [0.717, 1.165) is 51.5 Å². The van der Waals surface area contributed by atoms with Crippen LogP contribution in [0.1, 0.15) is 24.8 Å². The average Bonchev–Trinajstić information content (AvgIpc) is 3.31. The standard InChI is InChI=1S/C18H22FN5O2S.3ClH/c19-11-3-4-13(14(25)9-11)15(22-12-5-7-20-10-12)16-17(26)23-18(27-16)24-8-2-1-6-21-24;;;/h3-4,9,12,20-22,25H,1-2,5-8,10H2;3*1H/b16-15-;;;/t12-;;;/m0.../s1. The van der Waals surface area contributed by atoms with Crippen LogP contribution in [0.5, 0.6) is 5.75 Å². The number of benzene rings is 1. The lowest BCUT2D eigenvalue weighted by molar-refractivity contribution is -0.113. The number of aliphatic imine (C=N–C) groups is 1. The molecule has 1 amide bonds. The van der Waals surface area contributed by atoms with Crippen LogP contribution < -0.4 is 16.1 Å². The Bertz CT molecular complexity index is 815. The van der Waals surface area contributed by atoms with E-state index < -0.39 is 5.82 Å². The maximum atomic E-state index is 13.5. The summed E-state index contributed by atoms with van der Waals surface area (Å²) in [5, 5.41) is 19.4. The third kappa shape index (κ3) is 5.93. The fraction of sp³-hybridized carbons (Fsp3) is 0.444. The average molecular weight is 501 g/mol. The SMILES string of the molecule is Cl.Cl.Cl.O=C1N=C(N2CCCCN2)S/C1=C(\N[C@H]1CCNC1)c1ccc(F)cc1O. The minimum Gasteiger partial charge on any atom is -0.507 e. The molecule has 4 rings (SSSR count). The molecule has 2 saturated heterocycles. The Morgan fingerprint density at radius 1 is 1.27 bits per heavy atom. The van der Waals surface area contributed by atoms with E-state index in [4.69, 9.17) is 0 Å². The molecule has 0 aromatic heterocycles. The van der Waals surface area contributed by atoms with Crippen molar-refractivity contribution in [1.82, 2.24) is 21.1 Å². The van der Waals surface area contributed by atoms with Gasteiger partial charge in [-0.25, -0.2) is 9.82 Å². The lowest BCUT2D eigenvalue weighted by atomic mass is 10.1. The van der Waals surface area contributed by atoms with E-state index in [-0.39, 0.29) is 54.9 Å². The number of nitrogens with one attached hydrogen (secondary N) is 3. The molecule has 0 bridgehead atoms. The van der Waals surface area contributed by atoms with Gasteiger partial charge in [-0.05, 0) is 49.7 Å². The number of amides is 1. The van der Waals surface area contributed by atoms with Crippen molar-refractivity contribution in [3.63, 3.8) is 0 Å². The third-order valence-electron chi connectivity index (χ3n) is 4.79. The second-order valence-electron chi connectivity index (χ2n) is 6.77. The number of thioether (sulfide) groups is 1. The van der Waals surface area contributed by atoms with Gasteiger partial charge in [0, 0.05) is 37.3 Å². The van der Waals surface area contributed by atoms with Gasteiger partial charge in [-0.3, -0.25) is 9.80 Å². The van der Waals surface area contributed by atoms with Crippen molar-refractivity contribution in [3.05, 3.63) is 34.5 Å². The molecule has 0 spiro atoms. The first-order chi connectivity index (χ1) is 13.1. The summed E-state index contributed by atoms with van der Waals surface area (Å²) < 4.78 is 13.5. The summed E-state index contributed by atoms with van der Waals surface area (Å²) in [4.78, 5) is 17.3. The van der Waals surface area contributed by atoms with Gasteiger partial charge in [-0.1, -0.05) is 0 Å². The van der Waals surface area contributed by atoms with E-state index in [1.54, 1.807) is 0 Å². The molecule has 3 aliphatic heterocycles. The molecule has 7 nitrogen and oxygen atoms in total. The van der Waals surface area contributed by atoms with Gasteiger partial charge in [0.1, 0.15) is 16.5 Å². The number of hydrogen-bond acceptors (Lipinski definition) is 7. The maximum absolute atomic E-state index is 13.5. The van der Waals surface area contributed by atoms with Crippen molar-refractivity contribution < 1.29 is 14.3 Å². The summed E-state index contributed by atoms with van der Waals surface area (Å²) in [6, 6.07) is 3.96. The summed E-state index contributed by atoms with van der Waals surface area (Å²) in [5.41, 5.74) is 4.16. The highest BCUT2D eigenvalue weighted by atomic mass is 35.5. The molecule has 0 aliphatic carbocycles. The van der Waals surface area contributed by atoms with E-state index in [1.807, 2.05) is 5.01 Å². The molecule has 4 N–H and O–H groups in total. The highest BCUT2D eigenvalue weighted by Gasteiger charge is 2.32. The number of phenolic OH excluding ortho intramolecular Hbond substituents is 1.